The van der Waals surface area contributed by atoms with E-state index < -0.39 is 11.6 Å². The van der Waals surface area contributed by atoms with Crippen LogP contribution in [0.25, 0.3) is 0 Å². The summed E-state index contributed by atoms with van der Waals surface area (Å²) < 4.78 is 25.7. The van der Waals surface area contributed by atoms with E-state index in [0.29, 0.717) is 11.4 Å². The number of H-pyrrole nitrogens is 1. The van der Waals surface area contributed by atoms with Crippen molar-refractivity contribution in [3.63, 3.8) is 0 Å². The molecule has 0 saturated heterocycles. The summed E-state index contributed by atoms with van der Waals surface area (Å²) in [5.41, 5.74) is 0. The Bertz CT molecular complexity index is 590. The molecule has 0 unspecified atom stereocenters. The van der Waals surface area contributed by atoms with Crippen LogP contribution in [0.3, 0.4) is 0 Å². The number of nitrogens with one attached hydrogen (secondary N) is 2. The molecular weight excluding hydrogens is 296 g/mol. The zero-order valence-electron chi connectivity index (χ0n) is 11.2. The van der Waals surface area contributed by atoms with Crippen molar-refractivity contribution in [2.75, 3.05) is 12.3 Å². The van der Waals surface area contributed by atoms with Crippen molar-refractivity contribution in [3.05, 3.63) is 48.1 Å². The number of benzene rings is 1. The van der Waals surface area contributed by atoms with Crippen LogP contribution in [0, 0.1) is 11.6 Å². The number of thioether (sulfide) groups is 1. The number of aromatic nitrogens is 2. The van der Waals surface area contributed by atoms with Crippen molar-refractivity contribution in [3.8, 4) is 0 Å². The summed E-state index contributed by atoms with van der Waals surface area (Å²) in [6, 6.07) is 3.59. The Hall–Kier alpha value is -1.89. The number of rotatable bonds is 7. The predicted molar refractivity (Wildman–Crippen MR) is 77.0 cm³/mol. The molecular formula is C14H15F2N3OS. The molecule has 2 rings (SSSR count). The first-order valence-corrected chi connectivity index (χ1v) is 7.46. The first-order valence-electron chi connectivity index (χ1n) is 6.48. The SMILES string of the molecule is O=C(CSc1ccc(F)c(F)c1)NCCCc1ncc[nH]1. The molecule has 0 aliphatic carbocycles. The summed E-state index contributed by atoms with van der Waals surface area (Å²) in [5, 5.41) is 2.77. The summed E-state index contributed by atoms with van der Waals surface area (Å²) in [5.74, 6) is -0.864. The van der Waals surface area contributed by atoms with E-state index >= 15 is 0 Å². The normalized spacial score (nSPS) is 10.6. The maximum Gasteiger partial charge on any atom is 0.230 e. The summed E-state index contributed by atoms with van der Waals surface area (Å²) >= 11 is 1.17. The molecule has 1 aromatic carbocycles. The van der Waals surface area contributed by atoms with Gasteiger partial charge in [-0.05, 0) is 24.6 Å². The van der Waals surface area contributed by atoms with E-state index in [4.69, 9.17) is 0 Å². The number of amides is 1. The lowest BCUT2D eigenvalue weighted by Gasteiger charge is -2.05. The Balaban J connectivity index is 1.64. The number of halogens is 2. The van der Waals surface area contributed by atoms with Crippen LogP contribution in [0.2, 0.25) is 0 Å². The Labute approximate surface area is 125 Å². The summed E-state index contributed by atoms with van der Waals surface area (Å²) in [7, 11) is 0. The van der Waals surface area contributed by atoms with Gasteiger partial charge >= 0.3 is 0 Å². The largest absolute Gasteiger partial charge is 0.355 e. The molecule has 0 aliphatic rings. The maximum absolute atomic E-state index is 13.0. The third-order valence-corrected chi connectivity index (χ3v) is 3.72. The molecule has 21 heavy (non-hydrogen) atoms. The van der Waals surface area contributed by atoms with Crippen molar-refractivity contribution in [2.24, 2.45) is 0 Å². The van der Waals surface area contributed by atoms with Gasteiger partial charge in [0, 0.05) is 30.3 Å². The standard InChI is InChI=1S/C14H15F2N3OS/c15-11-4-3-10(8-12(11)16)21-9-14(20)19-5-1-2-13-17-6-7-18-13/h3-4,6-8H,1-2,5,9H2,(H,17,18)(H,19,20). The molecule has 0 saturated carbocycles. The van der Waals surface area contributed by atoms with Gasteiger partial charge < -0.3 is 10.3 Å². The summed E-state index contributed by atoms with van der Waals surface area (Å²) in [4.78, 5) is 19.2. The molecule has 112 valence electrons. The molecule has 2 aromatic rings. The zero-order valence-corrected chi connectivity index (χ0v) is 12.1. The molecule has 0 fully saturated rings. The fourth-order valence-corrected chi connectivity index (χ4v) is 2.44. The number of carbonyl (C=O) groups excluding carboxylic acids is 1. The van der Waals surface area contributed by atoms with Crippen molar-refractivity contribution in [1.29, 1.82) is 0 Å². The van der Waals surface area contributed by atoms with Crippen LogP contribution in [0.1, 0.15) is 12.2 Å². The highest BCUT2D eigenvalue weighted by Crippen LogP contribution is 2.19. The predicted octanol–water partition coefficient (Wildman–Crippen LogP) is 2.53. The molecule has 2 N–H and O–H groups in total. The molecule has 0 bridgehead atoms. The molecule has 1 amide bonds. The van der Waals surface area contributed by atoms with Crippen LogP contribution < -0.4 is 5.32 Å². The monoisotopic (exact) mass is 311 g/mol. The van der Waals surface area contributed by atoms with Gasteiger partial charge in [0.15, 0.2) is 11.6 Å². The highest BCUT2D eigenvalue weighted by molar-refractivity contribution is 8.00. The van der Waals surface area contributed by atoms with Gasteiger partial charge in [-0.3, -0.25) is 4.79 Å². The van der Waals surface area contributed by atoms with Crippen molar-refractivity contribution >= 4 is 17.7 Å². The molecule has 1 heterocycles. The van der Waals surface area contributed by atoms with Crippen molar-refractivity contribution in [2.45, 2.75) is 17.7 Å². The van der Waals surface area contributed by atoms with Crippen LogP contribution in [-0.2, 0) is 11.2 Å². The minimum Gasteiger partial charge on any atom is -0.355 e. The molecule has 0 spiro atoms. The van der Waals surface area contributed by atoms with Gasteiger partial charge in [-0.1, -0.05) is 0 Å². The first kappa shape index (κ1) is 15.5. The average molecular weight is 311 g/mol. The molecule has 0 aliphatic heterocycles. The van der Waals surface area contributed by atoms with E-state index in [9.17, 15) is 13.6 Å². The quantitative estimate of drug-likeness (QED) is 0.610. The first-order chi connectivity index (χ1) is 10.1. The van der Waals surface area contributed by atoms with Crippen LogP contribution in [-0.4, -0.2) is 28.2 Å². The number of nitrogens with zero attached hydrogens (tertiary/aromatic N) is 1. The van der Waals surface area contributed by atoms with Crippen LogP contribution in [0.15, 0.2) is 35.5 Å². The summed E-state index contributed by atoms with van der Waals surface area (Å²) in [6.45, 7) is 0.553. The lowest BCUT2D eigenvalue weighted by Crippen LogP contribution is -2.26. The number of imidazole rings is 1. The Morgan fingerprint density at radius 3 is 2.90 bits per heavy atom. The second-order valence-electron chi connectivity index (χ2n) is 4.35. The fraction of sp³-hybridized carbons (Fsp3) is 0.286. The number of aryl methyl sites for hydroxylation is 1. The smallest absolute Gasteiger partial charge is 0.230 e. The number of carbonyl (C=O) groups is 1. The van der Waals surface area contributed by atoms with Gasteiger partial charge in [0.2, 0.25) is 5.91 Å². The van der Waals surface area contributed by atoms with Gasteiger partial charge in [0.25, 0.3) is 0 Å². The van der Waals surface area contributed by atoms with Crippen LogP contribution >= 0.6 is 11.8 Å². The van der Waals surface area contributed by atoms with Gasteiger partial charge in [-0.2, -0.15) is 0 Å². The zero-order chi connectivity index (χ0) is 15.1. The highest BCUT2D eigenvalue weighted by atomic mass is 32.2. The lowest BCUT2D eigenvalue weighted by atomic mass is 10.3. The number of hydrogen-bond acceptors (Lipinski definition) is 3. The molecule has 4 nitrogen and oxygen atoms in total. The van der Waals surface area contributed by atoms with E-state index in [1.165, 1.54) is 17.8 Å². The second-order valence-corrected chi connectivity index (χ2v) is 5.40. The number of hydrogen-bond donors (Lipinski definition) is 2. The van der Waals surface area contributed by atoms with E-state index in [0.717, 1.165) is 30.8 Å². The van der Waals surface area contributed by atoms with Gasteiger partial charge in [-0.15, -0.1) is 11.8 Å². The summed E-state index contributed by atoms with van der Waals surface area (Å²) in [6.07, 6.45) is 5.00. The van der Waals surface area contributed by atoms with Crippen molar-refractivity contribution < 1.29 is 13.6 Å². The van der Waals surface area contributed by atoms with E-state index in [1.807, 2.05) is 0 Å². The van der Waals surface area contributed by atoms with Gasteiger partial charge in [0.1, 0.15) is 5.82 Å². The molecule has 0 radical (unpaired) electrons. The molecule has 7 heteroatoms. The number of aromatic amines is 1. The van der Waals surface area contributed by atoms with E-state index in [2.05, 4.69) is 15.3 Å². The fourth-order valence-electron chi connectivity index (χ4n) is 1.68. The maximum atomic E-state index is 13.0. The Morgan fingerprint density at radius 1 is 1.33 bits per heavy atom. The molecule has 0 atom stereocenters. The third-order valence-electron chi connectivity index (χ3n) is 2.73. The van der Waals surface area contributed by atoms with Crippen LogP contribution in [0.5, 0.6) is 0 Å². The minimum atomic E-state index is -0.904. The van der Waals surface area contributed by atoms with Crippen molar-refractivity contribution in [1.82, 2.24) is 15.3 Å². The topological polar surface area (TPSA) is 57.8 Å². The highest BCUT2D eigenvalue weighted by Gasteiger charge is 2.06. The van der Waals surface area contributed by atoms with E-state index in [-0.39, 0.29) is 11.7 Å². The minimum absolute atomic E-state index is 0.135. The second kappa shape index (κ2) is 7.78. The van der Waals surface area contributed by atoms with Gasteiger partial charge in [0.05, 0.1) is 5.75 Å². The van der Waals surface area contributed by atoms with Crippen LogP contribution in [0.4, 0.5) is 8.78 Å². The average Bonchev–Trinajstić information content (AvgIpc) is 2.98. The lowest BCUT2D eigenvalue weighted by molar-refractivity contribution is -0.118. The molecule has 1 aromatic heterocycles. The van der Waals surface area contributed by atoms with E-state index in [1.54, 1.807) is 12.4 Å². The Morgan fingerprint density at radius 2 is 2.19 bits per heavy atom. The Kier molecular flexibility index (Phi) is 5.74. The van der Waals surface area contributed by atoms with Gasteiger partial charge in [-0.25, -0.2) is 13.8 Å². The third kappa shape index (κ3) is 5.18.